The van der Waals surface area contributed by atoms with Crippen molar-refractivity contribution in [3.8, 4) is 0 Å². The number of hydrogen-bond donors (Lipinski definition) is 0. The van der Waals surface area contributed by atoms with Gasteiger partial charge in [0.15, 0.2) is 0 Å². The monoisotopic (exact) mass is 1420 g/mol. The molecule has 11 aliphatic rings. The Kier molecular flexibility index (Phi) is 32.9. The van der Waals surface area contributed by atoms with Gasteiger partial charge in [0.2, 0.25) is 0 Å². The molecule has 0 amide bonds. The molecule has 0 heterocycles. The average Bonchev–Trinajstić information content (AvgIpc) is 1.53. The van der Waals surface area contributed by atoms with Gasteiger partial charge in [-0.15, -0.1) is 0 Å². The van der Waals surface area contributed by atoms with Gasteiger partial charge in [0.25, 0.3) is 0 Å². The van der Waals surface area contributed by atoms with Crippen LogP contribution in [0.5, 0.6) is 0 Å². The Morgan fingerprint density at radius 1 is 0.333 bits per heavy atom. The van der Waals surface area contributed by atoms with E-state index in [2.05, 4.69) is 116 Å². The summed E-state index contributed by atoms with van der Waals surface area (Å²) in [6.07, 6.45) is 39.5. The fraction of sp³-hybridized carbons (Fsp3) is 0.800. The van der Waals surface area contributed by atoms with Crippen LogP contribution in [0.3, 0.4) is 0 Å². The molecule has 11 rings (SSSR count). The summed E-state index contributed by atoms with van der Waals surface area (Å²) in [4.78, 5) is 70.7. The molecule has 13 unspecified atom stereocenters. The van der Waals surface area contributed by atoms with Crippen LogP contribution in [-0.2, 0) is 57.2 Å². The van der Waals surface area contributed by atoms with Gasteiger partial charge in [-0.05, 0) is 285 Å². The second-order valence-corrected chi connectivity index (χ2v) is 35.9. The van der Waals surface area contributed by atoms with Gasteiger partial charge in [-0.25, -0.2) is 28.8 Å². The van der Waals surface area contributed by atoms with Crippen LogP contribution in [0.25, 0.3) is 0 Å². The third-order valence-electron chi connectivity index (χ3n) is 27.3. The summed E-state index contributed by atoms with van der Waals surface area (Å²) in [6.45, 7) is 56.3. The molecule has 11 aliphatic carbocycles. The minimum absolute atomic E-state index is 0. The molecule has 102 heavy (non-hydrogen) atoms. The van der Waals surface area contributed by atoms with E-state index in [9.17, 15) is 28.8 Å². The van der Waals surface area contributed by atoms with Gasteiger partial charge in [0.1, 0.15) is 33.6 Å². The van der Waals surface area contributed by atoms with Crippen molar-refractivity contribution in [2.75, 3.05) is 0 Å². The normalized spacial score (nSPS) is 31.4. The molecule has 0 N–H and O–H groups in total. The maximum atomic E-state index is 12.2. The fourth-order valence-corrected chi connectivity index (χ4v) is 20.9. The van der Waals surface area contributed by atoms with E-state index < -0.39 is 0 Å². The standard InChI is InChI=1S/C19H28O2.C17H28O2.C14H22O2.C14H24O2.C13H22O2.C12H20O2.CH4/c1-10(2)18(20)21-19(11(3)4)9-14-8-15(19)17-13-6-5-12(7-13)16(14)17;1-12(2)16(18)19-17(13(3)4)10-9-14-7-5-6-8-15(14)11-17;1-9(2)13(15)16-14(10(3)4)8-11-5-6-12(14)7-11;1-4-14(16-13(15)12(2)3)10-8-6-5-7-9-11-14;1-10(2)12(14)15-13(11(3)4)8-6-5-7-9-13;1-9(2)11(13)14-12(10(3)4)7-5-6-8-12;/h11-17H,1,5-9H2,2-4H3;13-15H,1,5-11H2,2-4H3;10-12H,1,5-8H2,2-4H3;2,4-11H2,1,3H3;11H,1,5-9H2,2-4H3;10H,1,5-8H2,2-4H3;1H4. The molecule has 0 radical (unpaired) electrons. The molecule has 0 aliphatic heterocycles. The highest BCUT2D eigenvalue weighted by Gasteiger charge is 2.69. The number of carbonyl (C=O) groups excluding carboxylic acids is 6. The Morgan fingerprint density at radius 3 is 1.13 bits per heavy atom. The summed E-state index contributed by atoms with van der Waals surface area (Å²) in [5, 5.41) is 0. The number of fused-ring (bicyclic) bond motifs is 12. The third kappa shape index (κ3) is 21.3. The second-order valence-electron chi connectivity index (χ2n) is 35.9. The van der Waals surface area contributed by atoms with Crippen LogP contribution in [0.1, 0.15) is 337 Å². The van der Waals surface area contributed by atoms with E-state index in [4.69, 9.17) is 28.4 Å². The van der Waals surface area contributed by atoms with Gasteiger partial charge in [0.05, 0.1) is 0 Å². The average molecular weight is 1420 g/mol. The van der Waals surface area contributed by atoms with E-state index in [0.29, 0.717) is 74.9 Å². The van der Waals surface area contributed by atoms with E-state index in [0.717, 1.165) is 118 Å². The largest absolute Gasteiger partial charge is 0.456 e. The Morgan fingerprint density at radius 2 is 0.716 bits per heavy atom. The van der Waals surface area contributed by atoms with Crippen LogP contribution in [0.4, 0.5) is 0 Å². The molecule has 6 bridgehead atoms. The van der Waals surface area contributed by atoms with Crippen LogP contribution in [0.2, 0.25) is 0 Å². The molecular formula is C90H148O12. The molecule has 0 aromatic rings. The van der Waals surface area contributed by atoms with E-state index >= 15 is 0 Å². The highest BCUT2D eigenvalue weighted by atomic mass is 16.6. The Balaban J connectivity index is 0.000000221. The first kappa shape index (κ1) is 87.9. The maximum absolute atomic E-state index is 12.2. The summed E-state index contributed by atoms with van der Waals surface area (Å²) < 4.78 is 34.8. The van der Waals surface area contributed by atoms with Crippen molar-refractivity contribution in [1.82, 2.24) is 0 Å². The Labute approximate surface area is 622 Å². The molecule has 12 heteroatoms. The van der Waals surface area contributed by atoms with Gasteiger partial charge >= 0.3 is 35.8 Å². The first-order valence-corrected chi connectivity index (χ1v) is 40.7. The maximum Gasteiger partial charge on any atom is 0.333 e. The van der Waals surface area contributed by atoms with Crippen LogP contribution in [-0.4, -0.2) is 69.4 Å². The fourth-order valence-electron chi connectivity index (χ4n) is 20.9. The summed E-state index contributed by atoms with van der Waals surface area (Å²) in [5.41, 5.74) is 1.80. The van der Waals surface area contributed by atoms with Crippen LogP contribution in [0, 0.1) is 88.8 Å². The topological polar surface area (TPSA) is 158 Å². The van der Waals surface area contributed by atoms with Crippen molar-refractivity contribution in [1.29, 1.82) is 0 Å². The summed E-state index contributed by atoms with van der Waals surface area (Å²) in [5.74, 6) is 8.91. The van der Waals surface area contributed by atoms with E-state index in [1.165, 1.54) is 141 Å². The molecular weight excluding hydrogens is 1270 g/mol. The van der Waals surface area contributed by atoms with E-state index in [1.54, 1.807) is 41.5 Å². The lowest BCUT2D eigenvalue weighted by molar-refractivity contribution is -0.176. The second kappa shape index (κ2) is 38.2. The molecule has 12 nitrogen and oxygen atoms in total. The van der Waals surface area contributed by atoms with Gasteiger partial charge in [-0.2, -0.15) is 0 Å². The molecule has 0 saturated heterocycles. The summed E-state index contributed by atoms with van der Waals surface area (Å²) >= 11 is 0. The van der Waals surface area contributed by atoms with Crippen molar-refractivity contribution in [3.05, 3.63) is 72.9 Å². The summed E-state index contributed by atoms with van der Waals surface area (Å²) in [6, 6.07) is 0. The zero-order chi connectivity index (χ0) is 75.2. The number of ether oxygens (including phenoxy) is 6. The van der Waals surface area contributed by atoms with Crippen molar-refractivity contribution in [2.24, 2.45) is 88.8 Å². The van der Waals surface area contributed by atoms with Crippen molar-refractivity contribution in [3.63, 3.8) is 0 Å². The van der Waals surface area contributed by atoms with Gasteiger partial charge in [-0.1, -0.05) is 174 Å². The van der Waals surface area contributed by atoms with Crippen LogP contribution in [0.15, 0.2) is 72.9 Å². The highest BCUT2D eigenvalue weighted by Crippen LogP contribution is 2.71. The number of rotatable bonds is 18. The molecule has 0 aromatic heterocycles. The lowest BCUT2D eigenvalue weighted by Crippen LogP contribution is -2.51. The molecule has 11 fully saturated rings. The van der Waals surface area contributed by atoms with Crippen molar-refractivity contribution in [2.45, 2.75) is 371 Å². The summed E-state index contributed by atoms with van der Waals surface area (Å²) in [7, 11) is 0. The Bertz CT molecular complexity index is 2880. The quantitative estimate of drug-likeness (QED) is 0.0554. The van der Waals surface area contributed by atoms with E-state index in [-0.39, 0.29) is 76.8 Å². The molecule has 0 spiro atoms. The van der Waals surface area contributed by atoms with Crippen LogP contribution >= 0.6 is 0 Å². The number of hydrogen-bond acceptors (Lipinski definition) is 12. The van der Waals surface area contributed by atoms with Crippen molar-refractivity contribution < 1.29 is 57.2 Å². The number of carbonyl (C=O) groups is 6. The van der Waals surface area contributed by atoms with Gasteiger partial charge in [0, 0.05) is 39.4 Å². The highest BCUT2D eigenvalue weighted by molar-refractivity contribution is 5.89. The van der Waals surface area contributed by atoms with Gasteiger partial charge in [-0.3, -0.25) is 0 Å². The van der Waals surface area contributed by atoms with Crippen molar-refractivity contribution >= 4 is 35.8 Å². The van der Waals surface area contributed by atoms with Gasteiger partial charge < -0.3 is 28.4 Å². The molecule has 11 saturated carbocycles. The lowest BCUT2D eigenvalue weighted by Gasteiger charge is -2.48. The lowest BCUT2D eigenvalue weighted by atomic mass is 9.63. The predicted molar refractivity (Wildman–Crippen MR) is 416 cm³/mol. The first-order valence-electron chi connectivity index (χ1n) is 40.7. The Hall–Kier alpha value is -4.74. The number of esters is 6. The molecule has 13 atom stereocenters. The zero-order valence-electron chi connectivity index (χ0n) is 67.1. The third-order valence-corrected chi connectivity index (χ3v) is 27.3. The van der Waals surface area contributed by atoms with E-state index in [1.807, 2.05) is 0 Å². The molecule has 580 valence electrons. The minimum Gasteiger partial charge on any atom is -0.456 e. The van der Waals surface area contributed by atoms with Crippen LogP contribution < -0.4 is 0 Å². The minimum atomic E-state index is -0.242. The smallest absolute Gasteiger partial charge is 0.333 e. The SMILES string of the molecule is C.C=C(C)C(=O)OC1(C(C)C)CC2CC1C1C3CCC(C3)C21.C=C(C)C(=O)OC1(C(C)C)CC2CCC1C2.C=C(C)C(=O)OC1(C(C)C)CCC2CCCCC2C1.C=C(C)C(=O)OC1(C(C)C)CCCC1.C=C(C)C(=O)OC1(C(C)C)CCCCC1.C=C(C)C(=O)OC1(CC)CCCCCCC1. The molecule has 0 aromatic carbocycles. The predicted octanol–water partition coefficient (Wildman–Crippen LogP) is 23.2. The zero-order valence-corrected chi connectivity index (χ0v) is 67.1. The first-order chi connectivity index (χ1) is 47.4.